The maximum absolute atomic E-state index is 11.0. The van der Waals surface area contributed by atoms with Gasteiger partial charge in [-0.3, -0.25) is 0 Å². The summed E-state index contributed by atoms with van der Waals surface area (Å²) in [6.45, 7) is 2.98. The minimum Gasteiger partial charge on any atom is -0.465 e. The fourth-order valence-corrected chi connectivity index (χ4v) is 3.84. The van der Waals surface area contributed by atoms with Crippen LogP contribution in [0, 0.1) is 0 Å². The molecule has 0 radical (unpaired) electrons. The topological polar surface area (TPSA) is 60.8 Å². The molecule has 1 aliphatic heterocycles. The minimum absolute atomic E-state index is 0.0496. The first-order valence-electron chi connectivity index (χ1n) is 6.75. The summed E-state index contributed by atoms with van der Waals surface area (Å²) in [4.78, 5) is 12.5. The van der Waals surface area contributed by atoms with E-state index in [4.69, 9.17) is 5.11 Å². The van der Waals surface area contributed by atoms with Gasteiger partial charge in [0, 0.05) is 18.5 Å². The average Bonchev–Trinajstić information content (AvgIpc) is 2.59. The van der Waals surface area contributed by atoms with Crippen LogP contribution in [0.15, 0.2) is 24.3 Å². The largest absolute Gasteiger partial charge is 0.465 e. The van der Waals surface area contributed by atoms with E-state index >= 15 is 0 Å². The van der Waals surface area contributed by atoms with Crippen molar-refractivity contribution in [3.05, 3.63) is 35.4 Å². The normalized spacial score (nSPS) is 28.4. The van der Waals surface area contributed by atoms with E-state index in [1.54, 1.807) is 0 Å². The zero-order chi connectivity index (χ0) is 13.7. The van der Waals surface area contributed by atoms with Crippen LogP contribution in [0.1, 0.15) is 37.3 Å². The maximum atomic E-state index is 11.0. The second-order valence-electron chi connectivity index (χ2n) is 6.05. The fourth-order valence-electron chi connectivity index (χ4n) is 3.84. The van der Waals surface area contributed by atoms with Crippen LogP contribution >= 0.6 is 0 Å². The lowest BCUT2D eigenvalue weighted by Crippen LogP contribution is -2.44. The Balaban J connectivity index is 1.94. The van der Waals surface area contributed by atoms with Gasteiger partial charge in [-0.2, -0.15) is 0 Å². The molecule has 0 bridgehead atoms. The summed E-state index contributed by atoms with van der Waals surface area (Å²) in [6, 6.07) is 8.05. The Labute approximate surface area is 112 Å². The summed E-state index contributed by atoms with van der Waals surface area (Å²) in [6.07, 6.45) is 1.46. The summed E-state index contributed by atoms with van der Waals surface area (Å²) in [5.41, 5.74) is 1.39. The van der Waals surface area contributed by atoms with Crippen molar-refractivity contribution in [2.75, 3.05) is 13.1 Å². The van der Waals surface area contributed by atoms with Crippen molar-refractivity contribution >= 4 is 6.09 Å². The highest BCUT2D eigenvalue weighted by Crippen LogP contribution is 2.53. The number of fused-ring (bicyclic) bond motifs is 2. The van der Waals surface area contributed by atoms with Gasteiger partial charge in [0.05, 0.1) is 5.60 Å². The molecule has 1 heterocycles. The highest BCUT2D eigenvalue weighted by molar-refractivity contribution is 5.65. The van der Waals surface area contributed by atoms with Crippen molar-refractivity contribution in [3.63, 3.8) is 0 Å². The highest BCUT2D eigenvalue weighted by atomic mass is 16.4. The van der Waals surface area contributed by atoms with Gasteiger partial charge in [-0.15, -0.1) is 0 Å². The van der Waals surface area contributed by atoms with Crippen molar-refractivity contribution in [2.24, 2.45) is 0 Å². The molecule has 1 amide bonds. The lowest BCUT2D eigenvalue weighted by atomic mass is 9.73. The van der Waals surface area contributed by atoms with Gasteiger partial charge in [-0.1, -0.05) is 24.3 Å². The SMILES string of the molecule is CC1(O)CC2(CCN(C(=O)O)CC2)c2ccccc21. The van der Waals surface area contributed by atoms with Crippen LogP contribution in [-0.4, -0.2) is 34.3 Å². The predicted octanol–water partition coefficient (Wildman–Crippen LogP) is 2.31. The number of likely N-dealkylation sites (tertiary alicyclic amines) is 1. The number of nitrogens with zero attached hydrogens (tertiary/aromatic N) is 1. The molecule has 1 aliphatic carbocycles. The molecule has 1 fully saturated rings. The van der Waals surface area contributed by atoms with Gasteiger partial charge in [-0.05, 0) is 37.3 Å². The molecule has 3 rings (SSSR count). The minimum atomic E-state index is -0.840. The van der Waals surface area contributed by atoms with E-state index in [-0.39, 0.29) is 5.41 Å². The molecule has 4 nitrogen and oxygen atoms in total. The molecular formula is C15H19NO3. The Morgan fingerprint density at radius 2 is 1.79 bits per heavy atom. The van der Waals surface area contributed by atoms with Crippen molar-refractivity contribution in [1.82, 2.24) is 4.90 Å². The number of rotatable bonds is 0. The number of amides is 1. The molecule has 1 unspecified atom stereocenters. The van der Waals surface area contributed by atoms with Gasteiger partial charge in [0.25, 0.3) is 0 Å². The van der Waals surface area contributed by atoms with E-state index in [1.165, 1.54) is 10.5 Å². The molecular weight excluding hydrogens is 242 g/mol. The molecule has 0 saturated carbocycles. The van der Waals surface area contributed by atoms with Gasteiger partial charge < -0.3 is 15.1 Å². The van der Waals surface area contributed by atoms with Crippen LogP contribution in [0.2, 0.25) is 0 Å². The number of piperidine rings is 1. The van der Waals surface area contributed by atoms with E-state index in [9.17, 15) is 9.90 Å². The molecule has 1 aromatic carbocycles. The first kappa shape index (κ1) is 12.5. The molecule has 2 N–H and O–H groups in total. The fraction of sp³-hybridized carbons (Fsp3) is 0.533. The number of benzene rings is 1. The third-order valence-corrected chi connectivity index (χ3v) is 4.75. The Morgan fingerprint density at radius 1 is 1.21 bits per heavy atom. The van der Waals surface area contributed by atoms with E-state index in [1.807, 2.05) is 25.1 Å². The molecule has 1 spiro atoms. The Hall–Kier alpha value is -1.55. The molecule has 1 saturated heterocycles. The van der Waals surface area contributed by atoms with Crippen LogP contribution in [0.25, 0.3) is 0 Å². The number of carboxylic acid groups (broad SMARTS) is 1. The highest BCUT2D eigenvalue weighted by Gasteiger charge is 2.50. The van der Waals surface area contributed by atoms with Crippen LogP contribution in [0.3, 0.4) is 0 Å². The summed E-state index contributed by atoms with van der Waals surface area (Å²) >= 11 is 0. The average molecular weight is 261 g/mol. The standard InChI is InChI=1S/C15H19NO3/c1-14(19)10-15(12-5-3-2-4-11(12)14)6-8-16(9-7-15)13(17)18/h2-5,19H,6-10H2,1H3,(H,17,18). The molecule has 102 valence electrons. The molecule has 0 aromatic heterocycles. The van der Waals surface area contributed by atoms with E-state index in [0.29, 0.717) is 19.5 Å². The Kier molecular flexibility index (Phi) is 2.61. The Bertz CT molecular complexity index is 516. The van der Waals surface area contributed by atoms with Crippen LogP contribution in [-0.2, 0) is 11.0 Å². The first-order valence-corrected chi connectivity index (χ1v) is 6.75. The number of hydrogen-bond donors (Lipinski definition) is 2. The summed E-state index contributed by atoms with van der Waals surface area (Å²) in [7, 11) is 0. The smallest absolute Gasteiger partial charge is 0.407 e. The molecule has 1 atom stereocenters. The first-order chi connectivity index (χ1) is 8.95. The van der Waals surface area contributed by atoms with Crippen molar-refractivity contribution in [2.45, 2.75) is 37.2 Å². The summed E-state index contributed by atoms with van der Waals surface area (Å²) in [5.74, 6) is 0. The third-order valence-electron chi connectivity index (χ3n) is 4.75. The lowest BCUT2D eigenvalue weighted by Gasteiger charge is -2.39. The monoisotopic (exact) mass is 261 g/mol. The molecule has 4 heteroatoms. The predicted molar refractivity (Wildman–Crippen MR) is 71.1 cm³/mol. The lowest BCUT2D eigenvalue weighted by molar-refractivity contribution is 0.0280. The van der Waals surface area contributed by atoms with Gasteiger partial charge in [0.15, 0.2) is 0 Å². The zero-order valence-corrected chi connectivity index (χ0v) is 11.1. The third kappa shape index (κ3) is 1.82. The van der Waals surface area contributed by atoms with Gasteiger partial charge >= 0.3 is 6.09 Å². The number of hydrogen-bond acceptors (Lipinski definition) is 2. The van der Waals surface area contributed by atoms with Gasteiger partial charge in [0.2, 0.25) is 0 Å². The second-order valence-corrected chi connectivity index (χ2v) is 6.05. The van der Waals surface area contributed by atoms with Gasteiger partial charge in [-0.25, -0.2) is 4.79 Å². The zero-order valence-electron chi connectivity index (χ0n) is 11.1. The van der Waals surface area contributed by atoms with Crippen molar-refractivity contribution < 1.29 is 15.0 Å². The Morgan fingerprint density at radius 3 is 2.37 bits per heavy atom. The van der Waals surface area contributed by atoms with Crippen LogP contribution < -0.4 is 0 Å². The summed E-state index contributed by atoms with van der Waals surface area (Å²) in [5, 5.41) is 19.7. The molecule has 1 aromatic rings. The van der Waals surface area contributed by atoms with Crippen molar-refractivity contribution in [3.8, 4) is 0 Å². The van der Waals surface area contributed by atoms with Crippen LogP contribution in [0.4, 0.5) is 4.79 Å². The van der Waals surface area contributed by atoms with Crippen molar-refractivity contribution in [1.29, 1.82) is 0 Å². The second kappa shape index (κ2) is 3.97. The van der Waals surface area contributed by atoms with Crippen LogP contribution in [0.5, 0.6) is 0 Å². The maximum Gasteiger partial charge on any atom is 0.407 e. The van der Waals surface area contributed by atoms with E-state index in [2.05, 4.69) is 6.07 Å². The number of carbonyl (C=O) groups is 1. The van der Waals surface area contributed by atoms with Gasteiger partial charge in [0.1, 0.15) is 0 Å². The quantitative estimate of drug-likeness (QED) is 0.753. The number of aliphatic hydroxyl groups is 1. The van der Waals surface area contributed by atoms with E-state index in [0.717, 1.165) is 18.4 Å². The molecule has 19 heavy (non-hydrogen) atoms. The molecule has 2 aliphatic rings. The van der Waals surface area contributed by atoms with E-state index < -0.39 is 11.7 Å². The summed E-state index contributed by atoms with van der Waals surface area (Å²) < 4.78 is 0.